The number of benzene rings is 1. The van der Waals surface area contributed by atoms with Gasteiger partial charge < -0.3 is 5.11 Å². The Kier molecular flexibility index (Phi) is 3.70. The van der Waals surface area contributed by atoms with Gasteiger partial charge in [0, 0.05) is 29.3 Å². The van der Waals surface area contributed by atoms with Gasteiger partial charge in [-0.3, -0.25) is 9.20 Å². The fourth-order valence-electron chi connectivity index (χ4n) is 2.19. The molecule has 0 aliphatic heterocycles. The van der Waals surface area contributed by atoms with E-state index in [1.165, 1.54) is 23.5 Å². The molecule has 3 rings (SSSR count). The normalized spacial score (nSPS) is 11.1. The highest BCUT2D eigenvalue weighted by Crippen LogP contribution is 2.24. The van der Waals surface area contributed by atoms with E-state index in [0.717, 1.165) is 21.9 Å². The molecule has 0 radical (unpaired) electrons. The molecule has 1 N–H and O–H groups in total. The van der Waals surface area contributed by atoms with Crippen LogP contribution in [0.2, 0.25) is 0 Å². The number of carbonyl (C=O) groups is 1. The lowest BCUT2D eigenvalue weighted by molar-refractivity contribution is -0.137. The molecule has 0 fully saturated rings. The molecule has 2 aromatic heterocycles. The molecule has 0 spiro atoms. The van der Waals surface area contributed by atoms with E-state index < -0.39 is 5.97 Å². The molecular formula is C15H13FN2O2S. The van der Waals surface area contributed by atoms with Gasteiger partial charge in [0.15, 0.2) is 4.96 Å². The minimum absolute atomic E-state index is 0.164. The first kappa shape index (κ1) is 13.8. The van der Waals surface area contributed by atoms with Gasteiger partial charge in [-0.25, -0.2) is 9.37 Å². The molecule has 21 heavy (non-hydrogen) atoms. The maximum Gasteiger partial charge on any atom is 0.303 e. The monoisotopic (exact) mass is 304 g/mol. The highest BCUT2D eigenvalue weighted by Gasteiger charge is 2.10. The lowest BCUT2D eigenvalue weighted by atomic mass is 10.2. The number of aryl methyl sites for hydroxylation is 1. The highest BCUT2D eigenvalue weighted by atomic mass is 32.1. The fraction of sp³-hybridized carbons (Fsp3) is 0.200. The number of carboxylic acid groups (broad SMARTS) is 1. The van der Waals surface area contributed by atoms with Crippen molar-refractivity contribution in [3.8, 4) is 11.3 Å². The Morgan fingerprint density at radius 3 is 2.81 bits per heavy atom. The molecule has 2 heterocycles. The molecule has 0 amide bonds. The van der Waals surface area contributed by atoms with Crippen molar-refractivity contribution in [1.29, 1.82) is 0 Å². The summed E-state index contributed by atoms with van der Waals surface area (Å²) in [6.07, 6.45) is 3.38. The molecule has 0 saturated carbocycles. The van der Waals surface area contributed by atoms with Gasteiger partial charge in [-0.15, -0.1) is 11.3 Å². The van der Waals surface area contributed by atoms with Gasteiger partial charge in [0.2, 0.25) is 0 Å². The highest BCUT2D eigenvalue weighted by molar-refractivity contribution is 7.15. The Balaban J connectivity index is 1.85. The van der Waals surface area contributed by atoms with Crippen molar-refractivity contribution in [2.24, 2.45) is 0 Å². The number of fused-ring (bicyclic) bond motifs is 1. The molecule has 3 aromatic rings. The number of hydrogen-bond donors (Lipinski definition) is 1. The van der Waals surface area contributed by atoms with Crippen LogP contribution < -0.4 is 0 Å². The quantitative estimate of drug-likeness (QED) is 0.783. The van der Waals surface area contributed by atoms with Crippen molar-refractivity contribution in [1.82, 2.24) is 9.38 Å². The van der Waals surface area contributed by atoms with Crippen molar-refractivity contribution in [2.75, 3.05) is 0 Å². The third-order valence-corrected chi connectivity index (χ3v) is 4.14. The minimum atomic E-state index is -0.779. The second-order valence-corrected chi connectivity index (χ2v) is 5.60. The van der Waals surface area contributed by atoms with Crippen LogP contribution in [0.25, 0.3) is 16.2 Å². The second kappa shape index (κ2) is 5.65. The fourth-order valence-corrected chi connectivity index (χ4v) is 3.10. The van der Waals surface area contributed by atoms with Gasteiger partial charge in [-0.05, 0) is 37.1 Å². The lowest BCUT2D eigenvalue weighted by Gasteiger charge is -1.98. The molecule has 1 aromatic carbocycles. The van der Waals surface area contributed by atoms with E-state index in [2.05, 4.69) is 4.98 Å². The molecular weight excluding hydrogens is 291 g/mol. The Labute approximate surface area is 124 Å². The molecule has 0 bridgehead atoms. The standard InChI is InChI=1S/C15H13FN2O2S/c16-11-6-4-10(5-7-11)13-8-18-12(2-1-3-14(19)20)9-21-15(18)17-13/h4-9H,1-3H2,(H,19,20). The number of aromatic nitrogens is 2. The number of hydrogen-bond acceptors (Lipinski definition) is 3. The van der Waals surface area contributed by atoms with Crippen molar-refractivity contribution < 1.29 is 14.3 Å². The van der Waals surface area contributed by atoms with Crippen LogP contribution in [0.4, 0.5) is 4.39 Å². The van der Waals surface area contributed by atoms with Crippen LogP contribution in [0, 0.1) is 5.82 Å². The summed E-state index contributed by atoms with van der Waals surface area (Å²) in [5.74, 6) is -1.05. The number of nitrogens with zero attached hydrogens (tertiary/aromatic N) is 2. The maximum atomic E-state index is 12.9. The summed E-state index contributed by atoms with van der Waals surface area (Å²) < 4.78 is 14.9. The third-order valence-electron chi connectivity index (χ3n) is 3.25. The van der Waals surface area contributed by atoms with Crippen molar-refractivity contribution in [2.45, 2.75) is 19.3 Å². The average Bonchev–Trinajstić information content (AvgIpc) is 3.01. The second-order valence-electron chi connectivity index (χ2n) is 4.76. The summed E-state index contributed by atoms with van der Waals surface area (Å²) in [4.78, 5) is 15.9. The molecule has 0 aliphatic carbocycles. The van der Waals surface area contributed by atoms with E-state index in [9.17, 15) is 9.18 Å². The van der Waals surface area contributed by atoms with E-state index in [0.29, 0.717) is 12.8 Å². The number of rotatable bonds is 5. The predicted molar refractivity (Wildman–Crippen MR) is 79.0 cm³/mol. The summed E-state index contributed by atoms with van der Waals surface area (Å²) in [6, 6.07) is 6.23. The summed E-state index contributed by atoms with van der Waals surface area (Å²) in [7, 11) is 0. The SMILES string of the molecule is O=C(O)CCCc1csc2nc(-c3ccc(F)cc3)cn12. The zero-order valence-electron chi connectivity index (χ0n) is 11.1. The van der Waals surface area contributed by atoms with Gasteiger partial charge in [0.05, 0.1) is 5.69 Å². The first-order chi connectivity index (χ1) is 10.1. The first-order valence-corrected chi connectivity index (χ1v) is 7.44. The van der Waals surface area contributed by atoms with Gasteiger partial charge >= 0.3 is 5.97 Å². The van der Waals surface area contributed by atoms with E-state index in [1.54, 1.807) is 12.1 Å². The molecule has 4 nitrogen and oxygen atoms in total. The van der Waals surface area contributed by atoms with Crippen LogP contribution in [0.1, 0.15) is 18.5 Å². The summed E-state index contributed by atoms with van der Waals surface area (Å²) in [5.41, 5.74) is 2.71. The molecule has 0 unspecified atom stereocenters. The summed E-state index contributed by atoms with van der Waals surface area (Å²) in [6.45, 7) is 0. The van der Waals surface area contributed by atoms with E-state index in [-0.39, 0.29) is 12.2 Å². The number of imidazole rings is 1. The van der Waals surface area contributed by atoms with Crippen LogP contribution in [-0.4, -0.2) is 20.5 Å². The molecule has 108 valence electrons. The third kappa shape index (κ3) is 2.95. The molecule has 0 aliphatic rings. The van der Waals surface area contributed by atoms with Crippen LogP contribution in [0.15, 0.2) is 35.8 Å². The van der Waals surface area contributed by atoms with E-state index >= 15 is 0 Å². The maximum absolute atomic E-state index is 12.9. The zero-order valence-corrected chi connectivity index (χ0v) is 11.9. The Morgan fingerprint density at radius 2 is 2.10 bits per heavy atom. The van der Waals surface area contributed by atoms with Crippen molar-refractivity contribution >= 4 is 22.3 Å². The Morgan fingerprint density at radius 1 is 1.33 bits per heavy atom. The Hall–Kier alpha value is -2.21. The lowest BCUT2D eigenvalue weighted by Crippen LogP contribution is -1.97. The molecule has 0 atom stereocenters. The van der Waals surface area contributed by atoms with E-state index in [1.807, 2.05) is 16.0 Å². The predicted octanol–water partition coefficient (Wildman–Crippen LogP) is 3.61. The van der Waals surface area contributed by atoms with Crippen molar-refractivity contribution in [3.63, 3.8) is 0 Å². The smallest absolute Gasteiger partial charge is 0.303 e. The van der Waals surface area contributed by atoms with Gasteiger partial charge in [-0.2, -0.15) is 0 Å². The van der Waals surface area contributed by atoms with Gasteiger partial charge in [0.25, 0.3) is 0 Å². The minimum Gasteiger partial charge on any atom is -0.481 e. The van der Waals surface area contributed by atoms with Crippen LogP contribution in [0.3, 0.4) is 0 Å². The van der Waals surface area contributed by atoms with Crippen LogP contribution in [0.5, 0.6) is 0 Å². The molecule has 0 saturated heterocycles. The number of carboxylic acids is 1. The van der Waals surface area contributed by atoms with E-state index in [4.69, 9.17) is 5.11 Å². The van der Waals surface area contributed by atoms with Crippen LogP contribution >= 0.6 is 11.3 Å². The summed E-state index contributed by atoms with van der Waals surface area (Å²) >= 11 is 1.52. The zero-order chi connectivity index (χ0) is 14.8. The van der Waals surface area contributed by atoms with Crippen molar-refractivity contribution in [3.05, 3.63) is 47.4 Å². The first-order valence-electron chi connectivity index (χ1n) is 6.56. The number of thiazole rings is 1. The summed E-state index contributed by atoms with van der Waals surface area (Å²) in [5, 5.41) is 10.7. The Bertz CT molecular complexity index is 777. The molecule has 6 heteroatoms. The number of aliphatic carboxylic acids is 1. The van der Waals surface area contributed by atoms with Gasteiger partial charge in [0.1, 0.15) is 5.82 Å². The largest absolute Gasteiger partial charge is 0.481 e. The van der Waals surface area contributed by atoms with Gasteiger partial charge in [-0.1, -0.05) is 0 Å². The van der Waals surface area contributed by atoms with Crippen LogP contribution in [-0.2, 0) is 11.2 Å². The number of halogens is 1. The topological polar surface area (TPSA) is 54.6 Å². The average molecular weight is 304 g/mol.